The monoisotopic (exact) mass is 280 g/mol. The molecular weight excluding hydrogens is 268 g/mol. The van der Waals surface area contributed by atoms with Crippen molar-refractivity contribution in [1.82, 2.24) is 5.32 Å². The Morgan fingerprint density at radius 1 is 1.69 bits per heavy atom. The van der Waals surface area contributed by atoms with Crippen LogP contribution in [0.5, 0.6) is 0 Å². The average molecular weight is 281 g/mol. The summed E-state index contributed by atoms with van der Waals surface area (Å²) in [5.41, 5.74) is 6.61. The third-order valence-electron chi connectivity index (χ3n) is 2.17. The van der Waals surface area contributed by atoms with Gasteiger partial charge in [0.15, 0.2) is 0 Å². The number of rotatable bonds is 3. The van der Waals surface area contributed by atoms with Crippen LogP contribution in [0.25, 0.3) is 0 Å². The number of halogens is 1. The van der Waals surface area contributed by atoms with Crippen LogP contribution in [-0.4, -0.2) is 11.9 Å². The van der Waals surface area contributed by atoms with Gasteiger partial charge in [0.05, 0.1) is 11.6 Å². The highest BCUT2D eigenvalue weighted by atomic mass is 79.9. The molecule has 0 fully saturated rings. The molecule has 0 heterocycles. The molecule has 1 unspecified atom stereocenters. The molecule has 0 spiro atoms. The molecule has 1 rings (SSSR count). The van der Waals surface area contributed by atoms with Gasteiger partial charge in [-0.3, -0.25) is 4.79 Å². The van der Waals surface area contributed by atoms with Crippen LogP contribution in [0, 0.1) is 12.3 Å². The van der Waals surface area contributed by atoms with Crippen LogP contribution in [0.1, 0.15) is 23.7 Å². The number of nitrogens with one attached hydrogen (secondary N) is 1. The van der Waals surface area contributed by atoms with Gasteiger partial charge in [0.2, 0.25) is 0 Å². The minimum atomic E-state index is -0.254. The maximum absolute atomic E-state index is 11.8. The molecule has 1 atom stereocenters. The topological polar surface area (TPSA) is 55.1 Å². The van der Waals surface area contributed by atoms with Gasteiger partial charge in [-0.2, -0.15) is 0 Å². The Balaban J connectivity index is 2.85. The standard InChI is InChI=1S/C12H13BrN2O/c1-3-9(4-2)15-12(16)10-6-5-8(13)7-11(10)14/h1,5-7,9H,4,14H2,2H3,(H,15,16). The summed E-state index contributed by atoms with van der Waals surface area (Å²) in [4.78, 5) is 11.8. The van der Waals surface area contributed by atoms with E-state index in [-0.39, 0.29) is 11.9 Å². The summed E-state index contributed by atoms with van der Waals surface area (Å²) >= 11 is 3.28. The van der Waals surface area contributed by atoms with Gasteiger partial charge in [0.1, 0.15) is 0 Å². The summed E-state index contributed by atoms with van der Waals surface area (Å²) in [6.07, 6.45) is 5.96. The summed E-state index contributed by atoms with van der Waals surface area (Å²) in [7, 11) is 0. The number of terminal acetylenes is 1. The zero-order chi connectivity index (χ0) is 12.1. The summed E-state index contributed by atoms with van der Waals surface area (Å²) in [6.45, 7) is 1.91. The molecule has 0 saturated carbocycles. The summed E-state index contributed by atoms with van der Waals surface area (Å²) < 4.78 is 0.838. The van der Waals surface area contributed by atoms with E-state index in [0.717, 1.165) is 4.47 Å². The minimum Gasteiger partial charge on any atom is -0.398 e. The van der Waals surface area contributed by atoms with Gasteiger partial charge in [0.25, 0.3) is 5.91 Å². The van der Waals surface area contributed by atoms with Crippen LogP contribution in [0.2, 0.25) is 0 Å². The third kappa shape index (κ3) is 3.01. The fourth-order valence-corrected chi connectivity index (χ4v) is 1.62. The largest absolute Gasteiger partial charge is 0.398 e. The zero-order valence-electron chi connectivity index (χ0n) is 8.96. The first-order chi connectivity index (χ1) is 7.58. The van der Waals surface area contributed by atoms with Crippen LogP contribution < -0.4 is 11.1 Å². The molecule has 1 aromatic rings. The smallest absolute Gasteiger partial charge is 0.254 e. The van der Waals surface area contributed by atoms with E-state index >= 15 is 0 Å². The summed E-state index contributed by atoms with van der Waals surface area (Å²) in [5, 5.41) is 2.72. The molecule has 0 radical (unpaired) electrons. The maximum Gasteiger partial charge on any atom is 0.254 e. The summed E-state index contributed by atoms with van der Waals surface area (Å²) in [5.74, 6) is 2.26. The zero-order valence-corrected chi connectivity index (χ0v) is 10.5. The molecule has 0 aliphatic heterocycles. The number of nitrogen functional groups attached to an aromatic ring is 1. The highest BCUT2D eigenvalue weighted by Crippen LogP contribution is 2.18. The van der Waals surface area contributed by atoms with Gasteiger partial charge >= 0.3 is 0 Å². The van der Waals surface area contributed by atoms with E-state index in [9.17, 15) is 4.79 Å². The normalized spacial score (nSPS) is 11.6. The van der Waals surface area contributed by atoms with Gasteiger partial charge in [-0.05, 0) is 24.6 Å². The SMILES string of the molecule is C#CC(CC)NC(=O)c1ccc(Br)cc1N. The van der Waals surface area contributed by atoms with Crippen LogP contribution in [0.15, 0.2) is 22.7 Å². The molecule has 16 heavy (non-hydrogen) atoms. The van der Waals surface area contributed by atoms with Crippen LogP contribution in [0.4, 0.5) is 5.69 Å². The number of carbonyl (C=O) groups excluding carboxylic acids is 1. The van der Waals surface area contributed by atoms with E-state index in [2.05, 4.69) is 27.2 Å². The molecule has 0 aliphatic rings. The number of anilines is 1. The van der Waals surface area contributed by atoms with Gasteiger partial charge in [-0.25, -0.2) is 0 Å². The quantitative estimate of drug-likeness (QED) is 0.659. The molecule has 4 heteroatoms. The van der Waals surface area contributed by atoms with Crippen molar-refractivity contribution in [3.63, 3.8) is 0 Å². The molecule has 1 amide bonds. The van der Waals surface area contributed by atoms with Crippen LogP contribution >= 0.6 is 15.9 Å². The first-order valence-corrected chi connectivity index (χ1v) is 5.69. The molecule has 3 N–H and O–H groups in total. The third-order valence-corrected chi connectivity index (χ3v) is 2.67. The van der Waals surface area contributed by atoms with Crippen molar-refractivity contribution in [2.45, 2.75) is 19.4 Å². The molecule has 1 aromatic carbocycles. The van der Waals surface area contributed by atoms with Gasteiger partial charge in [0, 0.05) is 10.2 Å². The second-order valence-electron chi connectivity index (χ2n) is 3.33. The number of amides is 1. The second kappa shape index (κ2) is 5.57. The average Bonchev–Trinajstić information content (AvgIpc) is 2.25. The van der Waals surface area contributed by atoms with Crippen molar-refractivity contribution in [2.75, 3.05) is 5.73 Å². The highest BCUT2D eigenvalue weighted by molar-refractivity contribution is 9.10. The number of nitrogens with two attached hydrogens (primary N) is 1. The second-order valence-corrected chi connectivity index (χ2v) is 4.25. The van der Waals surface area contributed by atoms with E-state index in [1.807, 2.05) is 6.92 Å². The lowest BCUT2D eigenvalue weighted by atomic mass is 10.1. The van der Waals surface area contributed by atoms with Gasteiger partial charge in [-0.1, -0.05) is 28.8 Å². The molecule has 0 bridgehead atoms. The fourth-order valence-electron chi connectivity index (χ4n) is 1.24. The van der Waals surface area contributed by atoms with Gasteiger partial charge < -0.3 is 11.1 Å². The van der Waals surface area contributed by atoms with E-state index in [4.69, 9.17) is 12.2 Å². The number of hydrogen-bond acceptors (Lipinski definition) is 2. The predicted molar refractivity (Wildman–Crippen MR) is 68.9 cm³/mol. The lowest BCUT2D eigenvalue weighted by Crippen LogP contribution is -2.33. The molecule has 0 saturated heterocycles. The van der Waals surface area contributed by atoms with Crippen molar-refractivity contribution >= 4 is 27.5 Å². The van der Waals surface area contributed by atoms with Crippen molar-refractivity contribution in [3.05, 3.63) is 28.2 Å². The Kier molecular flexibility index (Phi) is 4.39. The minimum absolute atomic E-state index is 0.241. The Bertz CT molecular complexity index is 437. The lowest BCUT2D eigenvalue weighted by Gasteiger charge is -2.12. The maximum atomic E-state index is 11.8. The van der Waals surface area contributed by atoms with Crippen molar-refractivity contribution in [3.8, 4) is 12.3 Å². The van der Waals surface area contributed by atoms with Crippen molar-refractivity contribution in [2.24, 2.45) is 0 Å². The van der Waals surface area contributed by atoms with Crippen LogP contribution in [0.3, 0.4) is 0 Å². The molecular formula is C12H13BrN2O. The molecule has 0 aromatic heterocycles. The van der Waals surface area contributed by atoms with E-state index < -0.39 is 0 Å². The van der Waals surface area contributed by atoms with Crippen LogP contribution in [-0.2, 0) is 0 Å². The fraction of sp³-hybridized carbons (Fsp3) is 0.250. The lowest BCUT2D eigenvalue weighted by molar-refractivity contribution is 0.0946. The van der Waals surface area contributed by atoms with E-state index in [1.54, 1.807) is 18.2 Å². The summed E-state index contributed by atoms with van der Waals surface area (Å²) in [6, 6.07) is 4.86. The van der Waals surface area contributed by atoms with E-state index in [1.165, 1.54) is 0 Å². The molecule has 84 valence electrons. The molecule has 0 aliphatic carbocycles. The first kappa shape index (κ1) is 12.6. The Morgan fingerprint density at radius 2 is 2.38 bits per heavy atom. The first-order valence-electron chi connectivity index (χ1n) is 4.90. The number of benzene rings is 1. The highest BCUT2D eigenvalue weighted by Gasteiger charge is 2.12. The molecule has 3 nitrogen and oxygen atoms in total. The number of hydrogen-bond donors (Lipinski definition) is 2. The van der Waals surface area contributed by atoms with Gasteiger partial charge in [-0.15, -0.1) is 6.42 Å². The van der Waals surface area contributed by atoms with E-state index in [0.29, 0.717) is 17.7 Å². The Morgan fingerprint density at radius 3 is 2.88 bits per heavy atom. The Labute approximate surface area is 104 Å². The van der Waals surface area contributed by atoms with Crippen molar-refractivity contribution < 1.29 is 4.79 Å². The van der Waals surface area contributed by atoms with Crippen molar-refractivity contribution in [1.29, 1.82) is 0 Å². The predicted octanol–water partition coefficient (Wildman–Crippen LogP) is 2.17. The number of carbonyl (C=O) groups is 1. The Hall–Kier alpha value is -1.47.